The molecule has 0 bridgehead atoms. The second kappa shape index (κ2) is 8.44. The number of aromatic nitrogens is 3. The zero-order chi connectivity index (χ0) is 21.1. The van der Waals surface area contributed by atoms with Crippen LogP contribution in [0.25, 0.3) is 5.65 Å². The largest absolute Gasteiger partial charge is 0.466 e. The molecule has 0 N–H and O–H groups in total. The van der Waals surface area contributed by atoms with Gasteiger partial charge in [-0.2, -0.15) is 5.10 Å². The maximum atomic E-state index is 13.3. The Morgan fingerprint density at radius 1 is 1.30 bits per heavy atom. The standard InChI is InChI=1S/C22H23ClN4O3/c1-2-30-21(29)22(13-16-6-3-7-17(23)12-16)8-4-10-26(15-22)20(28)18-14-25-27-11-5-9-24-19(18)27/h3,5-7,9,11-12,14H,2,4,8,10,13,15H2,1H3/t22-/m1/s1. The average molecular weight is 427 g/mol. The van der Waals surface area contributed by atoms with Gasteiger partial charge in [0.05, 0.1) is 18.2 Å². The number of likely N-dealkylation sites (tertiary alicyclic amines) is 1. The third-order valence-electron chi connectivity index (χ3n) is 5.51. The molecule has 30 heavy (non-hydrogen) atoms. The topological polar surface area (TPSA) is 76.8 Å². The fraction of sp³-hybridized carbons (Fsp3) is 0.364. The normalized spacial score (nSPS) is 19.1. The zero-order valence-electron chi connectivity index (χ0n) is 16.8. The number of hydrogen-bond donors (Lipinski definition) is 0. The van der Waals surface area contributed by atoms with Gasteiger partial charge in [-0.05, 0) is 49.9 Å². The molecule has 3 aromatic rings. The van der Waals surface area contributed by atoms with Gasteiger partial charge >= 0.3 is 5.97 Å². The Hall–Kier alpha value is -2.93. The third kappa shape index (κ3) is 3.89. The van der Waals surface area contributed by atoms with Crippen LogP contribution in [0.3, 0.4) is 0 Å². The van der Waals surface area contributed by atoms with Gasteiger partial charge in [0, 0.05) is 30.5 Å². The number of nitrogens with zero attached hydrogens (tertiary/aromatic N) is 4. The predicted octanol–water partition coefficient (Wildman–Crippen LogP) is 3.41. The molecule has 0 spiro atoms. The Balaban J connectivity index is 1.64. The lowest BCUT2D eigenvalue weighted by Gasteiger charge is -2.41. The number of piperidine rings is 1. The van der Waals surface area contributed by atoms with Crippen LogP contribution in [0.15, 0.2) is 48.9 Å². The maximum absolute atomic E-state index is 13.3. The van der Waals surface area contributed by atoms with Crippen LogP contribution < -0.4 is 0 Å². The number of carbonyl (C=O) groups excluding carboxylic acids is 2. The van der Waals surface area contributed by atoms with Crippen molar-refractivity contribution < 1.29 is 14.3 Å². The first-order valence-electron chi connectivity index (χ1n) is 10.0. The highest BCUT2D eigenvalue weighted by molar-refractivity contribution is 6.30. The van der Waals surface area contributed by atoms with E-state index in [1.54, 1.807) is 40.9 Å². The molecule has 0 radical (unpaired) electrons. The minimum atomic E-state index is -0.814. The minimum absolute atomic E-state index is 0.178. The van der Waals surface area contributed by atoms with Crippen molar-refractivity contribution in [3.63, 3.8) is 0 Å². The molecule has 0 unspecified atom stereocenters. The molecule has 1 aliphatic heterocycles. The highest BCUT2D eigenvalue weighted by Gasteiger charge is 2.45. The summed E-state index contributed by atoms with van der Waals surface area (Å²) in [4.78, 5) is 32.4. The van der Waals surface area contributed by atoms with Crippen molar-refractivity contribution in [2.75, 3.05) is 19.7 Å². The van der Waals surface area contributed by atoms with E-state index in [-0.39, 0.29) is 18.4 Å². The van der Waals surface area contributed by atoms with Gasteiger partial charge in [0.15, 0.2) is 5.65 Å². The number of halogens is 1. The van der Waals surface area contributed by atoms with Crippen molar-refractivity contribution in [2.24, 2.45) is 5.41 Å². The second-order valence-electron chi connectivity index (χ2n) is 7.58. The molecule has 8 heteroatoms. The van der Waals surface area contributed by atoms with E-state index in [1.165, 1.54) is 6.20 Å². The molecular weight excluding hydrogens is 404 g/mol. The fourth-order valence-corrected chi connectivity index (χ4v) is 4.37. The molecule has 1 aromatic carbocycles. The van der Waals surface area contributed by atoms with Gasteiger partial charge in [0.25, 0.3) is 5.91 Å². The molecule has 0 saturated carbocycles. The first-order chi connectivity index (χ1) is 14.5. The minimum Gasteiger partial charge on any atom is -0.466 e. The molecule has 1 aliphatic rings. The highest BCUT2D eigenvalue weighted by Crippen LogP contribution is 2.36. The summed E-state index contributed by atoms with van der Waals surface area (Å²) in [7, 11) is 0. The summed E-state index contributed by atoms with van der Waals surface area (Å²) in [5, 5.41) is 4.83. The van der Waals surface area contributed by atoms with E-state index in [2.05, 4.69) is 10.1 Å². The molecule has 1 atom stereocenters. The molecule has 4 rings (SSSR count). The Kier molecular flexibility index (Phi) is 5.72. The summed E-state index contributed by atoms with van der Waals surface area (Å²) in [6.07, 6.45) is 6.72. The first kappa shape index (κ1) is 20.3. The lowest BCUT2D eigenvalue weighted by molar-refractivity contribution is -0.158. The number of hydrogen-bond acceptors (Lipinski definition) is 5. The maximum Gasteiger partial charge on any atom is 0.314 e. The summed E-state index contributed by atoms with van der Waals surface area (Å²) in [5.74, 6) is -0.455. The summed E-state index contributed by atoms with van der Waals surface area (Å²) in [6.45, 7) is 2.94. The van der Waals surface area contributed by atoms with Crippen LogP contribution in [0.2, 0.25) is 5.02 Å². The van der Waals surface area contributed by atoms with Crippen molar-refractivity contribution in [3.8, 4) is 0 Å². The van der Waals surface area contributed by atoms with Crippen LogP contribution in [0.5, 0.6) is 0 Å². The van der Waals surface area contributed by atoms with Crippen molar-refractivity contribution in [1.82, 2.24) is 19.5 Å². The Labute approximate surface area is 179 Å². The van der Waals surface area contributed by atoms with E-state index in [0.717, 1.165) is 5.56 Å². The van der Waals surface area contributed by atoms with E-state index in [4.69, 9.17) is 16.3 Å². The van der Waals surface area contributed by atoms with Gasteiger partial charge in [0.2, 0.25) is 0 Å². The van der Waals surface area contributed by atoms with Crippen LogP contribution in [-0.4, -0.2) is 51.1 Å². The SMILES string of the molecule is CCOC(=O)[C@@]1(Cc2cccc(Cl)c2)CCCN(C(=O)c2cnn3cccnc23)C1. The van der Waals surface area contributed by atoms with Gasteiger partial charge in [-0.1, -0.05) is 23.7 Å². The Bertz CT molecular complexity index is 1080. The Morgan fingerprint density at radius 2 is 2.17 bits per heavy atom. The zero-order valence-corrected chi connectivity index (χ0v) is 17.5. The number of amides is 1. The molecule has 3 heterocycles. The smallest absolute Gasteiger partial charge is 0.314 e. The molecule has 1 saturated heterocycles. The molecular formula is C22H23ClN4O3. The molecule has 0 aliphatic carbocycles. The van der Waals surface area contributed by atoms with Crippen LogP contribution in [0.4, 0.5) is 0 Å². The number of esters is 1. The molecule has 2 aromatic heterocycles. The summed E-state index contributed by atoms with van der Waals surface area (Å²) in [5.41, 5.74) is 1.07. The number of benzene rings is 1. The third-order valence-corrected chi connectivity index (χ3v) is 5.75. The van der Waals surface area contributed by atoms with Crippen molar-refractivity contribution in [3.05, 3.63) is 65.1 Å². The van der Waals surface area contributed by atoms with Crippen molar-refractivity contribution >= 4 is 29.1 Å². The fourth-order valence-electron chi connectivity index (χ4n) is 4.16. The summed E-state index contributed by atoms with van der Waals surface area (Å²) >= 11 is 6.15. The average Bonchev–Trinajstić information content (AvgIpc) is 3.18. The van der Waals surface area contributed by atoms with Crippen molar-refractivity contribution in [1.29, 1.82) is 0 Å². The second-order valence-corrected chi connectivity index (χ2v) is 8.02. The lowest BCUT2D eigenvalue weighted by atomic mass is 9.75. The van der Waals surface area contributed by atoms with E-state index in [1.807, 2.05) is 18.2 Å². The van der Waals surface area contributed by atoms with Crippen LogP contribution in [0, 0.1) is 5.41 Å². The van der Waals surface area contributed by atoms with Gasteiger partial charge in [0.1, 0.15) is 5.56 Å². The number of ether oxygens (including phenoxy) is 1. The van der Waals surface area contributed by atoms with E-state index in [0.29, 0.717) is 48.6 Å². The van der Waals surface area contributed by atoms with E-state index in [9.17, 15) is 9.59 Å². The van der Waals surface area contributed by atoms with Gasteiger partial charge < -0.3 is 9.64 Å². The number of carbonyl (C=O) groups is 2. The molecule has 7 nitrogen and oxygen atoms in total. The number of rotatable bonds is 5. The van der Waals surface area contributed by atoms with Gasteiger partial charge in [-0.15, -0.1) is 0 Å². The first-order valence-corrected chi connectivity index (χ1v) is 10.4. The van der Waals surface area contributed by atoms with Gasteiger partial charge in [-0.3, -0.25) is 9.59 Å². The summed E-state index contributed by atoms with van der Waals surface area (Å²) < 4.78 is 7.01. The van der Waals surface area contributed by atoms with E-state index >= 15 is 0 Å². The van der Waals surface area contributed by atoms with Crippen LogP contribution in [0.1, 0.15) is 35.7 Å². The molecule has 1 fully saturated rings. The van der Waals surface area contributed by atoms with E-state index < -0.39 is 5.41 Å². The number of fused-ring (bicyclic) bond motifs is 1. The molecule has 1 amide bonds. The van der Waals surface area contributed by atoms with Crippen LogP contribution >= 0.6 is 11.6 Å². The Morgan fingerprint density at radius 3 is 2.97 bits per heavy atom. The molecule has 156 valence electrons. The quantitative estimate of drug-likeness (QED) is 0.584. The van der Waals surface area contributed by atoms with Crippen LogP contribution in [-0.2, 0) is 16.0 Å². The van der Waals surface area contributed by atoms with Gasteiger partial charge in [-0.25, -0.2) is 9.50 Å². The predicted molar refractivity (Wildman–Crippen MR) is 112 cm³/mol. The summed E-state index contributed by atoms with van der Waals surface area (Å²) in [6, 6.07) is 9.23. The highest BCUT2D eigenvalue weighted by atomic mass is 35.5. The lowest BCUT2D eigenvalue weighted by Crippen LogP contribution is -2.51. The van der Waals surface area contributed by atoms with Crippen molar-refractivity contribution in [2.45, 2.75) is 26.2 Å². The monoisotopic (exact) mass is 426 g/mol.